The van der Waals surface area contributed by atoms with Crippen molar-refractivity contribution in [1.82, 2.24) is 0 Å². The first kappa shape index (κ1) is 13.5. The Balaban J connectivity index is 2.00. The third kappa shape index (κ3) is 2.31. The number of alkyl halides is 1. The molecule has 2 heteroatoms. The Morgan fingerprint density at radius 1 is 1.15 bits per heavy atom. The average Bonchev–Trinajstić information content (AvgIpc) is 2.77. The smallest absolute Gasteiger partial charge is 0.123 e. The van der Waals surface area contributed by atoms with E-state index in [0.717, 1.165) is 17.7 Å². The number of hydrogen-bond acceptors (Lipinski definition) is 1. The lowest BCUT2D eigenvalue weighted by atomic mass is 9.94. The fourth-order valence-corrected chi connectivity index (χ4v) is 3.47. The molecule has 0 bridgehead atoms. The molecule has 2 atom stereocenters. The summed E-state index contributed by atoms with van der Waals surface area (Å²) >= 11 is 6.74. The lowest BCUT2D eigenvalue weighted by Crippen LogP contribution is -2.05. The monoisotopic (exact) mass is 286 g/mol. The molecule has 2 unspecified atom stereocenters. The highest BCUT2D eigenvalue weighted by atomic mass is 35.5. The van der Waals surface area contributed by atoms with Crippen LogP contribution in [0.1, 0.15) is 40.1 Å². The maximum Gasteiger partial charge on any atom is 0.123 e. The number of halogens is 1. The molecule has 1 heterocycles. The first-order valence-corrected chi connectivity index (χ1v) is 7.49. The van der Waals surface area contributed by atoms with Gasteiger partial charge in [0.2, 0.25) is 0 Å². The fraction of sp³-hybridized carbons (Fsp3) is 0.333. The molecule has 1 aliphatic heterocycles. The normalized spacial score (nSPS) is 18.5. The molecule has 2 aromatic carbocycles. The van der Waals surface area contributed by atoms with E-state index in [2.05, 4.69) is 57.2 Å². The Morgan fingerprint density at radius 3 is 2.55 bits per heavy atom. The van der Waals surface area contributed by atoms with Gasteiger partial charge < -0.3 is 4.74 Å². The van der Waals surface area contributed by atoms with Crippen molar-refractivity contribution in [3.63, 3.8) is 0 Å². The molecular formula is C18H19ClO. The first-order chi connectivity index (χ1) is 9.56. The zero-order chi connectivity index (χ0) is 14.3. The van der Waals surface area contributed by atoms with Crippen LogP contribution in [0.25, 0.3) is 0 Å². The van der Waals surface area contributed by atoms with Crippen LogP contribution in [0.2, 0.25) is 0 Å². The summed E-state index contributed by atoms with van der Waals surface area (Å²) in [7, 11) is 0. The van der Waals surface area contributed by atoms with Crippen molar-refractivity contribution in [2.75, 3.05) is 0 Å². The number of rotatable bonds is 2. The first-order valence-electron chi connectivity index (χ1n) is 7.06. The van der Waals surface area contributed by atoms with Crippen molar-refractivity contribution >= 4 is 11.6 Å². The third-order valence-corrected chi connectivity index (χ3v) is 4.48. The van der Waals surface area contributed by atoms with E-state index in [1.54, 1.807) is 0 Å². The summed E-state index contributed by atoms with van der Waals surface area (Å²) < 4.78 is 5.75. The van der Waals surface area contributed by atoms with E-state index in [4.69, 9.17) is 16.3 Å². The topological polar surface area (TPSA) is 9.23 Å². The van der Waals surface area contributed by atoms with E-state index < -0.39 is 0 Å². The van der Waals surface area contributed by atoms with Crippen molar-refractivity contribution in [2.24, 2.45) is 0 Å². The van der Waals surface area contributed by atoms with Gasteiger partial charge in [-0.15, -0.1) is 11.6 Å². The highest BCUT2D eigenvalue weighted by molar-refractivity contribution is 6.22. The Kier molecular flexibility index (Phi) is 3.47. The number of fused-ring (bicyclic) bond motifs is 1. The predicted octanol–water partition coefficient (Wildman–Crippen LogP) is 4.96. The van der Waals surface area contributed by atoms with Gasteiger partial charge in [-0.1, -0.05) is 30.3 Å². The third-order valence-electron chi connectivity index (χ3n) is 4.01. The molecule has 20 heavy (non-hydrogen) atoms. The van der Waals surface area contributed by atoms with Crippen LogP contribution in [0, 0.1) is 13.8 Å². The van der Waals surface area contributed by atoms with Crippen LogP contribution in [-0.2, 0) is 6.42 Å². The summed E-state index contributed by atoms with van der Waals surface area (Å²) in [5, 5.41) is -0.0996. The molecule has 2 aromatic rings. The Morgan fingerprint density at radius 2 is 1.85 bits per heavy atom. The summed E-state index contributed by atoms with van der Waals surface area (Å²) in [6.45, 7) is 6.34. The van der Waals surface area contributed by atoms with Crippen LogP contribution in [0.4, 0.5) is 0 Å². The average molecular weight is 287 g/mol. The summed E-state index contributed by atoms with van der Waals surface area (Å²) in [5.41, 5.74) is 6.14. The minimum absolute atomic E-state index is 0.0996. The van der Waals surface area contributed by atoms with Crippen LogP contribution in [0.3, 0.4) is 0 Å². The molecule has 0 spiro atoms. The van der Waals surface area contributed by atoms with Gasteiger partial charge in [0.05, 0.1) is 5.38 Å². The van der Waals surface area contributed by atoms with Gasteiger partial charge in [0.15, 0.2) is 0 Å². The highest BCUT2D eigenvalue weighted by Crippen LogP contribution is 2.37. The van der Waals surface area contributed by atoms with Gasteiger partial charge in [-0.05, 0) is 54.7 Å². The molecule has 0 amide bonds. The Bertz CT molecular complexity index is 628. The minimum atomic E-state index is -0.0996. The van der Waals surface area contributed by atoms with E-state index in [1.165, 1.54) is 22.3 Å². The number of ether oxygens (including phenoxy) is 1. The summed E-state index contributed by atoms with van der Waals surface area (Å²) in [4.78, 5) is 0. The molecular weight excluding hydrogens is 268 g/mol. The maximum absolute atomic E-state index is 6.74. The van der Waals surface area contributed by atoms with Crippen LogP contribution in [0.5, 0.6) is 5.75 Å². The van der Waals surface area contributed by atoms with Crippen molar-refractivity contribution in [1.29, 1.82) is 0 Å². The van der Waals surface area contributed by atoms with Crippen molar-refractivity contribution < 1.29 is 4.74 Å². The van der Waals surface area contributed by atoms with Gasteiger partial charge in [-0.3, -0.25) is 0 Å². The zero-order valence-corrected chi connectivity index (χ0v) is 12.9. The van der Waals surface area contributed by atoms with Crippen molar-refractivity contribution in [3.05, 3.63) is 64.2 Å². The van der Waals surface area contributed by atoms with Crippen LogP contribution < -0.4 is 4.74 Å². The molecule has 0 radical (unpaired) electrons. The number of benzene rings is 2. The minimum Gasteiger partial charge on any atom is -0.490 e. The maximum atomic E-state index is 6.74. The van der Waals surface area contributed by atoms with E-state index in [0.29, 0.717) is 0 Å². The van der Waals surface area contributed by atoms with Gasteiger partial charge in [-0.25, -0.2) is 0 Å². The Labute approximate surface area is 125 Å². The molecule has 0 saturated heterocycles. The van der Waals surface area contributed by atoms with Crippen molar-refractivity contribution in [2.45, 2.75) is 38.7 Å². The van der Waals surface area contributed by atoms with E-state index >= 15 is 0 Å². The molecule has 0 saturated carbocycles. The summed E-state index contributed by atoms with van der Waals surface area (Å²) in [5.74, 6) is 1.01. The second-order valence-corrected chi connectivity index (χ2v) is 6.10. The molecule has 3 rings (SSSR count). The SMILES string of the molecule is Cc1cccc(C)c1C(Cl)c1ccc2c(c1)CC(C)O2. The highest BCUT2D eigenvalue weighted by Gasteiger charge is 2.22. The van der Waals surface area contributed by atoms with Gasteiger partial charge >= 0.3 is 0 Å². The standard InChI is InChI=1S/C18H19ClO/c1-11-5-4-6-12(2)17(11)18(19)14-7-8-16-15(10-14)9-13(3)20-16/h4-8,10,13,18H,9H2,1-3H3. The van der Waals surface area contributed by atoms with Gasteiger partial charge in [-0.2, -0.15) is 0 Å². The van der Waals surface area contributed by atoms with Gasteiger partial charge in [0.25, 0.3) is 0 Å². The lowest BCUT2D eigenvalue weighted by Gasteiger charge is -2.16. The van der Waals surface area contributed by atoms with Crippen LogP contribution in [0.15, 0.2) is 36.4 Å². The van der Waals surface area contributed by atoms with Gasteiger partial charge in [0, 0.05) is 6.42 Å². The molecule has 104 valence electrons. The second-order valence-electron chi connectivity index (χ2n) is 5.67. The van der Waals surface area contributed by atoms with Crippen LogP contribution in [-0.4, -0.2) is 6.10 Å². The summed E-state index contributed by atoms with van der Waals surface area (Å²) in [6, 6.07) is 12.7. The molecule has 0 N–H and O–H groups in total. The molecule has 0 fully saturated rings. The van der Waals surface area contributed by atoms with Crippen molar-refractivity contribution in [3.8, 4) is 5.75 Å². The number of aryl methyl sites for hydroxylation is 2. The molecule has 0 aromatic heterocycles. The largest absolute Gasteiger partial charge is 0.490 e. The zero-order valence-electron chi connectivity index (χ0n) is 12.1. The Hall–Kier alpha value is -1.47. The van der Waals surface area contributed by atoms with E-state index in [-0.39, 0.29) is 11.5 Å². The van der Waals surface area contributed by atoms with E-state index in [1.807, 2.05) is 0 Å². The number of hydrogen-bond donors (Lipinski definition) is 0. The second kappa shape index (κ2) is 5.14. The quantitative estimate of drug-likeness (QED) is 0.709. The van der Waals surface area contributed by atoms with Gasteiger partial charge in [0.1, 0.15) is 11.9 Å². The molecule has 1 nitrogen and oxygen atoms in total. The lowest BCUT2D eigenvalue weighted by molar-refractivity contribution is 0.254. The molecule has 1 aliphatic rings. The predicted molar refractivity (Wildman–Crippen MR) is 83.8 cm³/mol. The van der Waals surface area contributed by atoms with Crippen LogP contribution >= 0.6 is 11.6 Å². The fourth-order valence-electron chi connectivity index (χ4n) is 2.99. The molecule has 0 aliphatic carbocycles. The summed E-state index contributed by atoms with van der Waals surface area (Å²) in [6.07, 6.45) is 1.24. The van der Waals surface area contributed by atoms with E-state index in [9.17, 15) is 0 Å².